The predicted octanol–water partition coefficient (Wildman–Crippen LogP) is -5.81. The smallest absolute Gasteiger partial charge is 0.426 e. The first-order chi connectivity index (χ1) is 3.27. The van der Waals surface area contributed by atoms with E-state index in [1.165, 1.54) is 0 Å². The van der Waals surface area contributed by atoms with E-state index in [2.05, 4.69) is 9.78 Å². The summed E-state index contributed by atoms with van der Waals surface area (Å²) >= 11 is 0. The molecule has 0 fully saturated rings. The van der Waals surface area contributed by atoms with Crippen molar-refractivity contribution in [3.63, 3.8) is 0 Å². The molecule has 0 aromatic carbocycles. The van der Waals surface area contributed by atoms with Crippen LogP contribution in [0.15, 0.2) is 0 Å². The molecule has 6 heteroatoms. The Morgan fingerprint density at radius 2 is 2.25 bits per heavy atom. The van der Waals surface area contributed by atoms with Gasteiger partial charge in [-0.15, -0.1) is 0 Å². The van der Waals surface area contributed by atoms with Crippen molar-refractivity contribution in [2.45, 2.75) is 0 Å². The summed E-state index contributed by atoms with van der Waals surface area (Å²) in [6, 6.07) is 0. The van der Waals surface area contributed by atoms with Gasteiger partial charge in [0, 0.05) is 0 Å². The summed E-state index contributed by atoms with van der Waals surface area (Å²) in [4.78, 5) is 15.9. The largest absolute Gasteiger partial charge is 1.00 e. The number of hydrogen-bond donors (Lipinski definition) is 0. The molecule has 0 radical (unpaired) electrons. The first-order valence-corrected chi connectivity index (χ1v) is 1.03. The Morgan fingerprint density at radius 1 is 1.75 bits per heavy atom. The minimum Gasteiger partial charge on any atom is -0.426 e. The van der Waals surface area contributed by atoms with Gasteiger partial charge in [-0.05, 0) is 6.86 Å². The van der Waals surface area contributed by atoms with Crippen LogP contribution in [-0.2, 0) is 14.6 Å². The number of rotatable bonds is 2. The van der Waals surface area contributed by atoms with E-state index in [0.29, 0.717) is 0 Å². The number of carbonyl (C=O) groups excluding carboxylic acids is 1. The molecule has 0 aliphatic carbocycles. The molecule has 0 aliphatic heterocycles. The SMILES string of the molecule is [2H]C(=O)OO[CH-]F.[K+].[K+]. The summed E-state index contributed by atoms with van der Waals surface area (Å²) < 4.78 is 16.6. The zero-order chi connectivity index (χ0) is 5.70. The Labute approximate surface area is 133 Å². The molecule has 0 heterocycles. The van der Waals surface area contributed by atoms with E-state index >= 15 is 0 Å². The van der Waals surface area contributed by atoms with E-state index in [4.69, 9.17) is 1.37 Å². The van der Waals surface area contributed by atoms with E-state index in [0.717, 1.165) is 0 Å². The summed E-state index contributed by atoms with van der Waals surface area (Å²) in [7, 11) is 0. The Morgan fingerprint density at radius 3 is 2.38 bits per heavy atom. The van der Waals surface area contributed by atoms with Crippen molar-refractivity contribution >= 4 is 6.45 Å². The molecule has 8 heavy (non-hydrogen) atoms. The van der Waals surface area contributed by atoms with Gasteiger partial charge in [0.15, 0.2) is 1.37 Å². The third-order valence-corrected chi connectivity index (χ3v) is 0.119. The molecule has 0 amide bonds. The third kappa shape index (κ3) is 15.9. The zero-order valence-electron chi connectivity index (χ0n) is 5.68. The van der Waals surface area contributed by atoms with Crippen molar-refractivity contribution in [1.82, 2.24) is 0 Å². The number of carbonyl (C=O) groups is 1. The maximum absolute atomic E-state index is 10.6. The van der Waals surface area contributed by atoms with Gasteiger partial charge in [-0.1, -0.05) is 0 Å². The van der Waals surface area contributed by atoms with Gasteiger partial charge in [0.1, 0.15) is 0 Å². The maximum Gasteiger partial charge on any atom is 1.00 e. The minimum absolute atomic E-state index is 0. The Hall–Kier alpha value is 2.63. The van der Waals surface area contributed by atoms with Crippen molar-refractivity contribution in [1.29, 1.82) is 0 Å². The van der Waals surface area contributed by atoms with Crippen LogP contribution in [-0.4, -0.2) is 6.45 Å². The van der Waals surface area contributed by atoms with Crippen LogP contribution in [0.2, 0.25) is 0 Å². The van der Waals surface area contributed by atoms with Crippen LogP contribution in [0, 0.1) is 6.86 Å². The summed E-state index contributed by atoms with van der Waals surface area (Å²) in [5.74, 6) is 0. The average Bonchev–Trinajstić information content (AvgIpc) is 1.61. The fourth-order valence-corrected chi connectivity index (χ4v) is 0.0378. The third-order valence-electron chi connectivity index (χ3n) is 0.119. The molecule has 0 N–H and O–H groups in total. The first-order valence-electron chi connectivity index (χ1n) is 1.53. The molecule has 0 atom stereocenters. The summed E-state index contributed by atoms with van der Waals surface area (Å²) in [6.45, 7) is -0.341. The van der Waals surface area contributed by atoms with Crippen LogP contribution >= 0.6 is 0 Å². The Kier molecular flexibility index (Phi) is 27.0. The van der Waals surface area contributed by atoms with Crippen molar-refractivity contribution < 1.29 is 123 Å². The maximum atomic E-state index is 10.6. The molecule has 3 nitrogen and oxygen atoms in total. The Bertz CT molecular complexity index is 72.8. The molecule has 0 unspecified atom stereocenters. The van der Waals surface area contributed by atoms with Gasteiger partial charge in [0.25, 0.3) is 0 Å². The van der Waals surface area contributed by atoms with E-state index in [-0.39, 0.29) is 110 Å². The quantitative estimate of drug-likeness (QED) is 0.137. The van der Waals surface area contributed by atoms with E-state index < -0.39 is 6.45 Å². The van der Waals surface area contributed by atoms with Crippen LogP contribution < -0.4 is 103 Å². The molecule has 0 aliphatic rings. The molecule has 36 valence electrons. The summed E-state index contributed by atoms with van der Waals surface area (Å²) in [5, 5.41) is 0. The summed E-state index contributed by atoms with van der Waals surface area (Å²) in [5.41, 5.74) is 0. The van der Waals surface area contributed by atoms with Gasteiger partial charge in [-0.25, -0.2) is 0 Å². The van der Waals surface area contributed by atoms with Crippen LogP contribution in [0.4, 0.5) is 4.39 Å². The topological polar surface area (TPSA) is 35.5 Å². The molecule has 0 saturated heterocycles. The van der Waals surface area contributed by atoms with Crippen LogP contribution in [0.5, 0.6) is 0 Å². The van der Waals surface area contributed by atoms with Crippen molar-refractivity contribution in [3.05, 3.63) is 6.86 Å². The van der Waals surface area contributed by atoms with Crippen molar-refractivity contribution in [2.75, 3.05) is 0 Å². The van der Waals surface area contributed by atoms with Gasteiger partial charge in [0.2, 0.25) is 0 Å². The van der Waals surface area contributed by atoms with Gasteiger partial charge in [0.05, 0.1) is 0 Å². The average molecular weight is 172 g/mol. The van der Waals surface area contributed by atoms with Gasteiger partial charge in [-0.3, -0.25) is 4.79 Å². The molecule has 0 saturated carbocycles. The summed E-state index contributed by atoms with van der Waals surface area (Å²) in [6.07, 6.45) is -1.44. The first kappa shape index (κ1) is 13.2. The second-order valence-corrected chi connectivity index (χ2v) is 0.352. The van der Waals surface area contributed by atoms with Crippen molar-refractivity contribution in [3.8, 4) is 0 Å². The molecular formula is C2H2FK2O3+. The van der Waals surface area contributed by atoms with Gasteiger partial charge >= 0.3 is 109 Å². The fraction of sp³-hybridized carbons (Fsp3) is 0. The minimum atomic E-state index is -1.44. The van der Waals surface area contributed by atoms with Crippen LogP contribution in [0.25, 0.3) is 0 Å². The zero-order valence-corrected chi connectivity index (χ0v) is 10.9. The van der Waals surface area contributed by atoms with E-state index in [9.17, 15) is 9.18 Å². The molecule has 0 aromatic heterocycles. The fourth-order valence-electron chi connectivity index (χ4n) is 0.0378. The van der Waals surface area contributed by atoms with E-state index in [1.54, 1.807) is 0 Å². The van der Waals surface area contributed by atoms with Crippen LogP contribution in [0.1, 0.15) is 1.37 Å². The molecular weight excluding hydrogens is 169 g/mol. The second kappa shape index (κ2) is 16.3. The monoisotopic (exact) mass is 172 g/mol. The van der Waals surface area contributed by atoms with Gasteiger partial charge in [-0.2, -0.15) is 0 Å². The Balaban J connectivity index is -0.000000180. The number of hydrogen-bond acceptors (Lipinski definition) is 3. The van der Waals surface area contributed by atoms with Crippen LogP contribution in [0.3, 0.4) is 0 Å². The van der Waals surface area contributed by atoms with Crippen molar-refractivity contribution in [2.24, 2.45) is 0 Å². The standard InChI is InChI=1S/C2H2FO3.2K/c3-1-5-6-2-4;;/h1-2H;;/q-1;2*+1/i2D;;. The van der Waals surface area contributed by atoms with E-state index in [1.807, 2.05) is 0 Å². The second-order valence-electron chi connectivity index (χ2n) is 0.352. The molecule has 0 aromatic rings. The number of halogens is 1. The molecule has 0 spiro atoms. The molecule has 0 rings (SSSR count). The predicted molar refractivity (Wildman–Crippen MR) is 13.6 cm³/mol. The molecule has 0 bridgehead atoms. The normalized spacial score (nSPS) is 7.38. The van der Waals surface area contributed by atoms with Gasteiger partial charge < -0.3 is 14.2 Å².